The quantitative estimate of drug-likeness (QED) is 0.692. The van der Waals surface area contributed by atoms with Crippen LogP contribution >= 0.6 is 0 Å². The van der Waals surface area contributed by atoms with Crippen molar-refractivity contribution in [3.05, 3.63) is 0 Å². The van der Waals surface area contributed by atoms with Gasteiger partial charge in [0.15, 0.2) is 0 Å². The van der Waals surface area contributed by atoms with Crippen molar-refractivity contribution in [2.24, 2.45) is 0 Å². The highest BCUT2D eigenvalue weighted by Crippen LogP contribution is 2.14. The molecule has 3 amide bonds. The molecule has 2 unspecified atom stereocenters. The molecule has 1 saturated heterocycles. The van der Waals surface area contributed by atoms with E-state index in [2.05, 4.69) is 15.4 Å². The largest absolute Gasteiger partial charge is 0.480 e. The van der Waals surface area contributed by atoms with Gasteiger partial charge in [0, 0.05) is 13.1 Å². The molecule has 0 bridgehead atoms. The van der Waals surface area contributed by atoms with Gasteiger partial charge in [0.05, 0.1) is 13.2 Å². The van der Waals surface area contributed by atoms with Crippen LogP contribution in [0.4, 0.5) is 9.59 Å². The van der Waals surface area contributed by atoms with E-state index in [-0.39, 0.29) is 12.5 Å². The fraction of sp³-hybridized carbons (Fsp3) is 0.750. The number of likely N-dealkylation sites (tertiary alicyclic amines) is 1. The van der Waals surface area contributed by atoms with Gasteiger partial charge in [-0.2, -0.15) is 0 Å². The first-order valence-corrected chi connectivity index (χ1v) is 6.47. The maximum absolute atomic E-state index is 12.0. The highest BCUT2D eigenvalue weighted by Gasteiger charge is 2.36. The summed E-state index contributed by atoms with van der Waals surface area (Å²) in [5, 5.41) is 14.2. The average molecular weight is 287 g/mol. The number of carboxylic acid groups (broad SMARTS) is 1. The second kappa shape index (κ2) is 6.44. The molecule has 3 N–H and O–H groups in total. The summed E-state index contributed by atoms with van der Waals surface area (Å²) in [6.45, 7) is 3.95. The van der Waals surface area contributed by atoms with Crippen LogP contribution < -0.4 is 10.6 Å². The lowest BCUT2D eigenvalue weighted by Crippen LogP contribution is -2.55. The van der Waals surface area contributed by atoms with Gasteiger partial charge in [-0.05, 0) is 19.8 Å². The maximum Gasteiger partial charge on any atom is 0.407 e. The number of amides is 3. The Kier molecular flexibility index (Phi) is 5.18. The van der Waals surface area contributed by atoms with Crippen LogP contribution in [-0.4, -0.2) is 59.9 Å². The summed E-state index contributed by atoms with van der Waals surface area (Å²) in [6, 6.07) is -0.614. The van der Waals surface area contributed by atoms with Crippen molar-refractivity contribution in [1.82, 2.24) is 15.5 Å². The zero-order valence-corrected chi connectivity index (χ0v) is 11.9. The number of alkyl carbamates (subject to hydrolysis) is 1. The molecule has 0 aromatic carbocycles. The first kappa shape index (κ1) is 16.1. The summed E-state index contributed by atoms with van der Waals surface area (Å²) in [5.74, 6) is -1.07. The third kappa shape index (κ3) is 3.75. The Morgan fingerprint density at radius 2 is 2.10 bits per heavy atom. The SMILES string of the molecule is CCC(C)(NC(=O)N1CCC(NC(=O)OC)C1)C(=O)O. The van der Waals surface area contributed by atoms with Crippen molar-refractivity contribution in [2.75, 3.05) is 20.2 Å². The van der Waals surface area contributed by atoms with Gasteiger partial charge in [0.25, 0.3) is 0 Å². The van der Waals surface area contributed by atoms with Gasteiger partial charge in [-0.3, -0.25) is 0 Å². The summed E-state index contributed by atoms with van der Waals surface area (Å²) in [6.07, 6.45) is 0.352. The van der Waals surface area contributed by atoms with Crippen LogP contribution in [0.5, 0.6) is 0 Å². The molecule has 20 heavy (non-hydrogen) atoms. The fourth-order valence-electron chi connectivity index (χ4n) is 1.90. The van der Waals surface area contributed by atoms with E-state index in [4.69, 9.17) is 5.11 Å². The Hall–Kier alpha value is -1.99. The first-order valence-electron chi connectivity index (χ1n) is 6.47. The smallest absolute Gasteiger partial charge is 0.407 e. The molecular weight excluding hydrogens is 266 g/mol. The van der Waals surface area contributed by atoms with Crippen LogP contribution in [0.3, 0.4) is 0 Å². The van der Waals surface area contributed by atoms with Gasteiger partial charge in [0.1, 0.15) is 5.54 Å². The van der Waals surface area contributed by atoms with Crippen molar-refractivity contribution in [2.45, 2.75) is 38.3 Å². The lowest BCUT2D eigenvalue weighted by atomic mass is 10.00. The number of hydrogen-bond acceptors (Lipinski definition) is 4. The molecule has 0 aliphatic carbocycles. The zero-order chi connectivity index (χ0) is 15.3. The van der Waals surface area contributed by atoms with Gasteiger partial charge in [-0.1, -0.05) is 6.92 Å². The van der Waals surface area contributed by atoms with E-state index in [0.29, 0.717) is 19.5 Å². The van der Waals surface area contributed by atoms with Crippen LogP contribution in [0.25, 0.3) is 0 Å². The normalized spacial score (nSPS) is 20.9. The molecule has 8 heteroatoms. The van der Waals surface area contributed by atoms with Gasteiger partial charge < -0.3 is 25.4 Å². The third-order valence-electron chi connectivity index (χ3n) is 3.54. The zero-order valence-electron chi connectivity index (χ0n) is 11.9. The fourth-order valence-corrected chi connectivity index (χ4v) is 1.90. The number of nitrogens with zero attached hydrogens (tertiary/aromatic N) is 1. The molecule has 1 aliphatic heterocycles. The van der Waals surface area contributed by atoms with E-state index in [1.54, 1.807) is 6.92 Å². The summed E-state index contributed by atoms with van der Waals surface area (Å²) in [4.78, 5) is 35.7. The van der Waals surface area contributed by atoms with Gasteiger partial charge in [-0.25, -0.2) is 14.4 Å². The molecule has 8 nitrogen and oxygen atoms in total. The number of carbonyl (C=O) groups excluding carboxylic acids is 2. The van der Waals surface area contributed by atoms with Crippen molar-refractivity contribution in [3.63, 3.8) is 0 Å². The molecule has 2 atom stereocenters. The molecule has 0 saturated carbocycles. The highest BCUT2D eigenvalue weighted by molar-refractivity contribution is 5.86. The monoisotopic (exact) mass is 287 g/mol. The van der Waals surface area contributed by atoms with Crippen LogP contribution in [0.1, 0.15) is 26.7 Å². The molecule has 1 heterocycles. The van der Waals surface area contributed by atoms with E-state index < -0.39 is 23.6 Å². The molecule has 0 spiro atoms. The van der Waals surface area contributed by atoms with Crippen molar-refractivity contribution >= 4 is 18.1 Å². The minimum Gasteiger partial charge on any atom is -0.480 e. The topological polar surface area (TPSA) is 108 Å². The molecule has 114 valence electrons. The number of hydrogen-bond donors (Lipinski definition) is 3. The first-order chi connectivity index (χ1) is 9.32. The minimum atomic E-state index is -1.29. The Morgan fingerprint density at radius 1 is 1.45 bits per heavy atom. The second-order valence-corrected chi connectivity index (χ2v) is 4.99. The highest BCUT2D eigenvalue weighted by atomic mass is 16.5. The summed E-state index contributed by atoms with van der Waals surface area (Å²) in [7, 11) is 1.27. The summed E-state index contributed by atoms with van der Waals surface area (Å²) < 4.78 is 4.49. The predicted molar refractivity (Wildman–Crippen MR) is 70.4 cm³/mol. The Labute approximate surface area is 117 Å². The number of carboxylic acids is 1. The number of nitrogens with one attached hydrogen (secondary N) is 2. The van der Waals surface area contributed by atoms with Crippen LogP contribution in [0.2, 0.25) is 0 Å². The Bertz CT molecular complexity index is 401. The molecule has 1 fully saturated rings. The van der Waals surface area contributed by atoms with Gasteiger partial charge >= 0.3 is 18.1 Å². The summed E-state index contributed by atoms with van der Waals surface area (Å²) in [5.41, 5.74) is -1.29. The molecule has 0 aromatic heterocycles. The predicted octanol–water partition coefficient (Wildman–Crippen LogP) is 0.380. The standard InChI is InChI=1S/C12H21N3O5/c1-4-12(2,9(16)17)14-10(18)15-6-5-8(7-15)13-11(19)20-3/h8H,4-7H2,1-3H3,(H,13,19)(H,14,18)(H,16,17). The van der Waals surface area contributed by atoms with Crippen molar-refractivity contribution in [3.8, 4) is 0 Å². The third-order valence-corrected chi connectivity index (χ3v) is 3.54. The van der Waals surface area contributed by atoms with Crippen LogP contribution in [-0.2, 0) is 9.53 Å². The number of carbonyl (C=O) groups is 3. The number of ether oxygens (including phenoxy) is 1. The number of aliphatic carboxylic acids is 1. The van der Waals surface area contributed by atoms with Crippen molar-refractivity contribution in [1.29, 1.82) is 0 Å². The second-order valence-electron chi connectivity index (χ2n) is 4.99. The lowest BCUT2D eigenvalue weighted by molar-refractivity contribution is -0.143. The number of rotatable bonds is 4. The lowest BCUT2D eigenvalue weighted by Gasteiger charge is -2.28. The van der Waals surface area contributed by atoms with E-state index in [1.165, 1.54) is 18.9 Å². The minimum absolute atomic E-state index is 0.175. The van der Waals surface area contributed by atoms with Gasteiger partial charge in [0.2, 0.25) is 0 Å². The van der Waals surface area contributed by atoms with Gasteiger partial charge in [-0.15, -0.1) is 0 Å². The average Bonchev–Trinajstić information content (AvgIpc) is 2.86. The van der Waals surface area contributed by atoms with Crippen LogP contribution in [0.15, 0.2) is 0 Å². The van der Waals surface area contributed by atoms with Crippen LogP contribution in [0, 0.1) is 0 Å². The van der Waals surface area contributed by atoms with E-state index in [1.807, 2.05) is 0 Å². The van der Waals surface area contributed by atoms with Crippen molar-refractivity contribution < 1.29 is 24.2 Å². The molecule has 1 rings (SSSR count). The number of urea groups is 1. The number of methoxy groups -OCH3 is 1. The Morgan fingerprint density at radius 3 is 2.60 bits per heavy atom. The maximum atomic E-state index is 12.0. The molecule has 0 radical (unpaired) electrons. The molecule has 1 aliphatic rings. The van der Waals surface area contributed by atoms with E-state index in [9.17, 15) is 14.4 Å². The molecular formula is C12H21N3O5. The Balaban J connectivity index is 2.54. The van der Waals surface area contributed by atoms with E-state index >= 15 is 0 Å². The van der Waals surface area contributed by atoms with E-state index in [0.717, 1.165) is 0 Å². The molecule has 0 aromatic rings. The summed E-state index contributed by atoms with van der Waals surface area (Å²) >= 11 is 0.